The molecule has 1 aliphatic rings. The second-order valence-corrected chi connectivity index (χ2v) is 5.70. The van der Waals surface area contributed by atoms with Crippen molar-refractivity contribution in [2.45, 2.75) is 25.4 Å². The molecule has 0 saturated carbocycles. The maximum atomic E-state index is 5.76. The first-order chi connectivity index (χ1) is 8.24. The standard InChI is InChI=1S/C11H14N4S2/c12-10(16)9-2-1-3-14(9)6-8-7-15-4-5-17-11(15)13-8/h4-5,7,9H,1-3,6H2,(H2,12,16). The molecule has 90 valence electrons. The number of aromatic nitrogens is 2. The maximum absolute atomic E-state index is 5.76. The highest BCUT2D eigenvalue weighted by Crippen LogP contribution is 2.21. The summed E-state index contributed by atoms with van der Waals surface area (Å²) in [7, 11) is 0. The van der Waals surface area contributed by atoms with Crippen LogP contribution in [0.3, 0.4) is 0 Å². The summed E-state index contributed by atoms with van der Waals surface area (Å²) in [4.78, 5) is 8.58. The molecule has 0 spiro atoms. The quantitative estimate of drug-likeness (QED) is 0.858. The minimum Gasteiger partial charge on any atom is -0.392 e. The molecule has 0 aromatic carbocycles. The molecule has 2 N–H and O–H groups in total. The molecule has 3 rings (SSSR count). The van der Waals surface area contributed by atoms with Crippen LogP contribution in [0.25, 0.3) is 4.96 Å². The van der Waals surface area contributed by atoms with E-state index in [0.717, 1.165) is 30.2 Å². The smallest absolute Gasteiger partial charge is 0.193 e. The van der Waals surface area contributed by atoms with E-state index in [9.17, 15) is 0 Å². The number of likely N-dealkylation sites (tertiary alicyclic amines) is 1. The van der Waals surface area contributed by atoms with Gasteiger partial charge in [0.1, 0.15) is 0 Å². The normalized spacial score (nSPS) is 21.3. The Hall–Kier alpha value is -0.980. The van der Waals surface area contributed by atoms with Crippen molar-refractivity contribution in [1.29, 1.82) is 0 Å². The second-order valence-electron chi connectivity index (χ2n) is 4.36. The Morgan fingerprint density at radius 3 is 3.29 bits per heavy atom. The molecule has 1 fully saturated rings. The largest absolute Gasteiger partial charge is 0.392 e. The van der Waals surface area contributed by atoms with Gasteiger partial charge in [-0.2, -0.15) is 0 Å². The number of hydrogen-bond donors (Lipinski definition) is 1. The minimum absolute atomic E-state index is 0.254. The molecule has 1 saturated heterocycles. The topological polar surface area (TPSA) is 46.6 Å². The molecule has 0 radical (unpaired) electrons. The molecule has 3 heterocycles. The summed E-state index contributed by atoms with van der Waals surface area (Å²) >= 11 is 6.76. The highest BCUT2D eigenvalue weighted by molar-refractivity contribution is 7.80. The van der Waals surface area contributed by atoms with Gasteiger partial charge in [-0.05, 0) is 19.4 Å². The van der Waals surface area contributed by atoms with E-state index in [1.165, 1.54) is 6.42 Å². The zero-order chi connectivity index (χ0) is 11.8. The molecule has 0 aliphatic carbocycles. The summed E-state index contributed by atoms with van der Waals surface area (Å²) in [5.41, 5.74) is 6.86. The molecule has 2 aromatic heterocycles. The van der Waals surface area contributed by atoms with Crippen LogP contribution in [0.4, 0.5) is 0 Å². The Labute approximate surface area is 109 Å². The lowest BCUT2D eigenvalue weighted by atomic mass is 10.2. The number of hydrogen-bond acceptors (Lipinski definition) is 4. The van der Waals surface area contributed by atoms with Gasteiger partial charge in [-0.15, -0.1) is 11.3 Å². The first-order valence-corrected chi connectivity index (χ1v) is 6.97. The summed E-state index contributed by atoms with van der Waals surface area (Å²) in [5.74, 6) is 0. The lowest BCUT2D eigenvalue weighted by molar-refractivity contribution is 0.292. The molecule has 1 atom stereocenters. The Balaban J connectivity index is 1.78. The van der Waals surface area contributed by atoms with Crippen molar-refractivity contribution in [2.75, 3.05) is 6.54 Å². The number of thiazole rings is 1. The van der Waals surface area contributed by atoms with Gasteiger partial charge in [0, 0.05) is 24.3 Å². The summed E-state index contributed by atoms with van der Waals surface area (Å²) in [5, 5.41) is 2.04. The van der Waals surface area contributed by atoms with Crippen molar-refractivity contribution in [3.05, 3.63) is 23.5 Å². The van der Waals surface area contributed by atoms with Crippen molar-refractivity contribution < 1.29 is 0 Å². The highest BCUT2D eigenvalue weighted by atomic mass is 32.1. The number of imidazole rings is 1. The Morgan fingerprint density at radius 2 is 2.53 bits per heavy atom. The van der Waals surface area contributed by atoms with Crippen molar-refractivity contribution >= 4 is 33.5 Å². The van der Waals surface area contributed by atoms with Crippen LogP contribution in [0.5, 0.6) is 0 Å². The zero-order valence-electron chi connectivity index (χ0n) is 9.37. The summed E-state index contributed by atoms with van der Waals surface area (Å²) in [6.45, 7) is 1.91. The van der Waals surface area contributed by atoms with E-state index in [1.807, 2.05) is 11.6 Å². The van der Waals surface area contributed by atoms with Crippen LogP contribution >= 0.6 is 23.6 Å². The molecule has 0 amide bonds. The van der Waals surface area contributed by atoms with Gasteiger partial charge in [0.2, 0.25) is 0 Å². The second kappa shape index (κ2) is 4.36. The van der Waals surface area contributed by atoms with Crippen LogP contribution in [-0.4, -0.2) is 31.9 Å². The van der Waals surface area contributed by atoms with Gasteiger partial charge >= 0.3 is 0 Å². The van der Waals surface area contributed by atoms with Crippen molar-refractivity contribution in [3.63, 3.8) is 0 Å². The summed E-state index contributed by atoms with van der Waals surface area (Å²) in [6, 6.07) is 0.254. The molecule has 4 nitrogen and oxygen atoms in total. The molecule has 6 heteroatoms. The minimum atomic E-state index is 0.254. The fourth-order valence-corrected chi connectivity index (χ4v) is 3.38. The van der Waals surface area contributed by atoms with E-state index >= 15 is 0 Å². The van der Waals surface area contributed by atoms with Gasteiger partial charge in [0.05, 0.1) is 16.7 Å². The van der Waals surface area contributed by atoms with E-state index in [1.54, 1.807) is 11.3 Å². The van der Waals surface area contributed by atoms with E-state index in [-0.39, 0.29) is 6.04 Å². The number of nitrogens with two attached hydrogens (primary N) is 1. The lowest BCUT2D eigenvalue weighted by Gasteiger charge is -2.22. The third kappa shape index (κ3) is 2.08. The molecule has 0 bridgehead atoms. The van der Waals surface area contributed by atoms with Gasteiger partial charge in [-0.1, -0.05) is 12.2 Å². The van der Waals surface area contributed by atoms with Crippen LogP contribution in [0.15, 0.2) is 17.8 Å². The van der Waals surface area contributed by atoms with Gasteiger partial charge < -0.3 is 5.73 Å². The zero-order valence-corrected chi connectivity index (χ0v) is 11.0. The summed E-state index contributed by atoms with van der Waals surface area (Å²) in [6.07, 6.45) is 6.37. The third-order valence-corrected chi connectivity index (χ3v) is 4.24. The monoisotopic (exact) mass is 266 g/mol. The summed E-state index contributed by atoms with van der Waals surface area (Å²) < 4.78 is 2.06. The van der Waals surface area contributed by atoms with Crippen molar-refractivity contribution in [3.8, 4) is 0 Å². The van der Waals surface area contributed by atoms with E-state index < -0.39 is 0 Å². The van der Waals surface area contributed by atoms with Crippen molar-refractivity contribution in [2.24, 2.45) is 5.73 Å². The van der Waals surface area contributed by atoms with Crippen LogP contribution in [0.2, 0.25) is 0 Å². The third-order valence-electron chi connectivity index (χ3n) is 3.20. The van der Waals surface area contributed by atoms with Crippen LogP contribution < -0.4 is 5.73 Å². The fourth-order valence-electron chi connectivity index (χ4n) is 2.40. The molecule has 17 heavy (non-hydrogen) atoms. The molecular weight excluding hydrogens is 252 g/mol. The molecule has 2 aromatic rings. The van der Waals surface area contributed by atoms with E-state index in [2.05, 4.69) is 20.5 Å². The SMILES string of the molecule is NC(=S)C1CCCN1Cc1cn2ccsc2n1. The van der Waals surface area contributed by atoms with Gasteiger partial charge in [0.25, 0.3) is 0 Å². The maximum Gasteiger partial charge on any atom is 0.193 e. The first kappa shape index (κ1) is 11.1. The Kier molecular flexibility index (Phi) is 2.85. The molecular formula is C11H14N4S2. The van der Waals surface area contributed by atoms with Gasteiger partial charge in [0.15, 0.2) is 4.96 Å². The highest BCUT2D eigenvalue weighted by Gasteiger charge is 2.27. The van der Waals surface area contributed by atoms with Crippen LogP contribution in [0, 0.1) is 0 Å². The number of thiocarbonyl (C=S) groups is 1. The predicted octanol–water partition coefficient (Wildman–Crippen LogP) is 1.65. The Morgan fingerprint density at radius 1 is 1.65 bits per heavy atom. The fraction of sp³-hybridized carbons (Fsp3) is 0.455. The lowest BCUT2D eigenvalue weighted by Crippen LogP contribution is -2.38. The van der Waals surface area contributed by atoms with Crippen LogP contribution in [0.1, 0.15) is 18.5 Å². The van der Waals surface area contributed by atoms with Crippen molar-refractivity contribution in [1.82, 2.24) is 14.3 Å². The number of fused-ring (bicyclic) bond motifs is 1. The van der Waals surface area contributed by atoms with Crippen LogP contribution in [-0.2, 0) is 6.54 Å². The Bertz CT molecular complexity index is 516. The first-order valence-electron chi connectivity index (χ1n) is 5.68. The van der Waals surface area contributed by atoms with E-state index in [4.69, 9.17) is 18.0 Å². The van der Waals surface area contributed by atoms with Gasteiger partial charge in [-0.3, -0.25) is 9.30 Å². The molecule has 1 unspecified atom stereocenters. The van der Waals surface area contributed by atoms with E-state index in [0.29, 0.717) is 4.99 Å². The molecule has 1 aliphatic heterocycles. The predicted molar refractivity (Wildman–Crippen MR) is 73.3 cm³/mol. The number of rotatable bonds is 3. The average molecular weight is 266 g/mol. The van der Waals surface area contributed by atoms with Gasteiger partial charge in [-0.25, -0.2) is 4.98 Å². The number of nitrogens with zero attached hydrogens (tertiary/aromatic N) is 3. The average Bonchev–Trinajstić information content (AvgIpc) is 2.91.